The largest absolute Gasteiger partial charge is 0.486 e. The lowest BCUT2D eigenvalue weighted by molar-refractivity contribution is 0.262. The van der Waals surface area contributed by atoms with Crippen molar-refractivity contribution >= 4 is 40.6 Å². The van der Waals surface area contributed by atoms with Crippen LogP contribution in [0, 0.1) is 0 Å². The molecule has 2 amide bonds. The Morgan fingerprint density at radius 3 is 2.41 bits per heavy atom. The molecule has 0 saturated heterocycles. The zero-order chi connectivity index (χ0) is 22.3. The molecule has 162 valence electrons. The molecule has 0 unspecified atom stereocenters. The first-order chi connectivity index (χ1) is 15.5. The molecule has 0 radical (unpaired) electrons. The van der Waals surface area contributed by atoms with Crippen LogP contribution in [0.1, 0.15) is 11.4 Å². The second-order valence-electron chi connectivity index (χ2n) is 7.01. The average molecular weight is 467 g/mol. The van der Waals surface area contributed by atoms with Crippen molar-refractivity contribution in [1.82, 2.24) is 9.55 Å². The van der Waals surface area contributed by atoms with Crippen LogP contribution in [0.5, 0.6) is 5.75 Å². The van der Waals surface area contributed by atoms with E-state index >= 15 is 0 Å². The SMILES string of the molecule is O=C(Nc1ccccc1)Nc1cccc(OCc2nccn2Cc2cc(Cl)cc(Cl)c2)c1. The van der Waals surface area contributed by atoms with E-state index in [1.807, 2.05) is 65.4 Å². The fourth-order valence-corrected chi connectivity index (χ4v) is 3.72. The zero-order valence-electron chi connectivity index (χ0n) is 17.0. The Bertz CT molecular complexity index is 1190. The number of halogens is 2. The summed E-state index contributed by atoms with van der Waals surface area (Å²) in [4.78, 5) is 16.6. The highest BCUT2D eigenvalue weighted by atomic mass is 35.5. The number of carbonyl (C=O) groups is 1. The van der Waals surface area contributed by atoms with Gasteiger partial charge in [-0.15, -0.1) is 0 Å². The van der Waals surface area contributed by atoms with Crippen molar-refractivity contribution in [2.45, 2.75) is 13.2 Å². The number of anilines is 2. The Hall–Kier alpha value is -3.48. The Morgan fingerprint density at radius 2 is 1.62 bits per heavy atom. The number of ether oxygens (including phenoxy) is 1. The van der Waals surface area contributed by atoms with Crippen LogP contribution >= 0.6 is 23.2 Å². The molecule has 3 aromatic carbocycles. The van der Waals surface area contributed by atoms with E-state index in [1.54, 1.807) is 24.4 Å². The van der Waals surface area contributed by atoms with Crippen molar-refractivity contribution in [1.29, 1.82) is 0 Å². The number of nitrogens with zero attached hydrogens (tertiary/aromatic N) is 2. The van der Waals surface area contributed by atoms with Crippen LogP contribution in [-0.4, -0.2) is 15.6 Å². The van der Waals surface area contributed by atoms with Gasteiger partial charge in [0.2, 0.25) is 0 Å². The molecule has 4 rings (SSSR count). The minimum absolute atomic E-state index is 0.265. The lowest BCUT2D eigenvalue weighted by atomic mass is 10.2. The smallest absolute Gasteiger partial charge is 0.323 e. The number of urea groups is 1. The highest BCUT2D eigenvalue weighted by Crippen LogP contribution is 2.21. The van der Waals surface area contributed by atoms with Crippen molar-refractivity contribution < 1.29 is 9.53 Å². The summed E-state index contributed by atoms with van der Waals surface area (Å²) in [5.41, 5.74) is 2.30. The zero-order valence-corrected chi connectivity index (χ0v) is 18.5. The first-order valence-electron chi connectivity index (χ1n) is 9.86. The van der Waals surface area contributed by atoms with E-state index in [9.17, 15) is 4.79 Å². The van der Waals surface area contributed by atoms with Gasteiger partial charge in [-0.05, 0) is 48.0 Å². The van der Waals surface area contributed by atoms with E-state index in [0.29, 0.717) is 33.7 Å². The first-order valence-corrected chi connectivity index (χ1v) is 10.6. The van der Waals surface area contributed by atoms with Crippen LogP contribution in [0.15, 0.2) is 85.2 Å². The van der Waals surface area contributed by atoms with Gasteiger partial charge in [0.25, 0.3) is 0 Å². The lowest BCUT2D eigenvalue weighted by Gasteiger charge is -2.12. The summed E-state index contributed by atoms with van der Waals surface area (Å²) in [7, 11) is 0. The van der Waals surface area contributed by atoms with Crippen LogP contribution in [0.4, 0.5) is 16.2 Å². The molecule has 0 atom stereocenters. The average Bonchev–Trinajstić information content (AvgIpc) is 3.19. The summed E-state index contributed by atoms with van der Waals surface area (Å²) in [6.45, 7) is 0.835. The molecule has 0 saturated carbocycles. The number of benzene rings is 3. The van der Waals surface area contributed by atoms with E-state index in [4.69, 9.17) is 27.9 Å². The number of hydrogen-bond acceptors (Lipinski definition) is 3. The number of amides is 2. The number of aromatic nitrogens is 2. The Kier molecular flexibility index (Phi) is 6.94. The molecule has 0 spiro atoms. The molecule has 32 heavy (non-hydrogen) atoms. The third kappa shape index (κ3) is 6.03. The number of rotatable bonds is 7. The van der Waals surface area contributed by atoms with Crippen LogP contribution in [0.3, 0.4) is 0 Å². The van der Waals surface area contributed by atoms with Gasteiger partial charge in [0.1, 0.15) is 18.2 Å². The van der Waals surface area contributed by atoms with Gasteiger partial charge in [0, 0.05) is 46.4 Å². The molecule has 6 nitrogen and oxygen atoms in total. The summed E-state index contributed by atoms with van der Waals surface area (Å²) in [6, 6.07) is 21.5. The fraction of sp³-hybridized carbons (Fsp3) is 0.0833. The standard InChI is InChI=1S/C24H20Cl2N4O2/c25-18-11-17(12-19(26)13-18)15-30-10-9-27-23(30)16-32-22-8-4-7-21(14-22)29-24(31)28-20-5-2-1-3-6-20/h1-14H,15-16H2,(H2,28,29,31). The van der Waals surface area contributed by atoms with E-state index in [-0.39, 0.29) is 12.6 Å². The van der Waals surface area contributed by atoms with Gasteiger partial charge >= 0.3 is 6.03 Å². The van der Waals surface area contributed by atoms with Gasteiger partial charge in [-0.3, -0.25) is 0 Å². The number of hydrogen-bond donors (Lipinski definition) is 2. The molecule has 8 heteroatoms. The van der Waals surface area contributed by atoms with Gasteiger partial charge in [-0.2, -0.15) is 0 Å². The third-order valence-electron chi connectivity index (χ3n) is 4.57. The van der Waals surface area contributed by atoms with E-state index in [1.165, 1.54) is 0 Å². The van der Waals surface area contributed by atoms with Crippen molar-refractivity contribution in [3.05, 3.63) is 107 Å². The van der Waals surface area contributed by atoms with Gasteiger partial charge < -0.3 is 19.9 Å². The maximum Gasteiger partial charge on any atom is 0.323 e. The molecular formula is C24H20Cl2N4O2. The predicted octanol–water partition coefficient (Wildman–Crippen LogP) is 6.46. The molecule has 1 aromatic heterocycles. The lowest BCUT2D eigenvalue weighted by Crippen LogP contribution is -2.19. The molecule has 2 N–H and O–H groups in total. The maximum atomic E-state index is 12.2. The van der Waals surface area contributed by atoms with Crippen molar-refractivity contribution in [2.75, 3.05) is 10.6 Å². The second kappa shape index (κ2) is 10.2. The van der Waals surface area contributed by atoms with Crippen LogP contribution in [-0.2, 0) is 13.2 Å². The van der Waals surface area contributed by atoms with Gasteiger partial charge in [0.15, 0.2) is 0 Å². The summed E-state index contributed by atoms with van der Waals surface area (Å²) in [6.07, 6.45) is 3.59. The molecular weight excluding hydrogens is 447 g/mol. The third-order valence-corrected chi connectivity index (χ3v) is 5.00. The monoisotopic (exact) mass is 466 g/mol. The maximum absolute atomic E-state index is 12.2. The fourth-order valence-electron chi connectivity index (χ4n) is 3.15. The second-order valence-corrected chi connectivity index (χ2v) is 7.88. The first kappa shape index (κ1) is 21.7. The summed E-state index contributed by atoms with van der Waals surface area (Å²) >= 11 is 12.2. The number of nitrogens with one attached hydrogen (secondary N) is 2. The topological polar surface area (TPSA) is 68.2 Å². The van der Waals surface area contributed by atoms with Crippen molar-refractivity contribution in [2.24, 2.45) is 0 Å². The molecule has 0 fully saturated rings. The van der Waals surface area contributed by atoms with Crippen LogP contribution in [0.25, 0.3) is 0 Å². The molecule has 0 aliphatic rings. The number of imidazole rings is 1. The molecule has 0 bridgehead atoms. The van der Waals surface area contributed by atoms with Gasteiger partial charge in [-0.1, -0.05) is 47.5 Å². The van der Waals surface area contributed by atoms with E-state index in [2.05, 4.69) is 15.6 Å². The Morgan fingerprint density at radius 1 is 0.906 bits per heavy atom. The summed E-state index contributed by atoms with van der Waals surface area (Å²) < 4.78 is 7.88. The van der Waals surface area contributed by atoms with Crippen molar-refractivity contribution in [3.8, 4) is 5.75 Å². The molecule has 4 aromatic rings. The van der Waals surface area contributed by atoms with Crippen molar-refractivity contribution in [3.63, 3.8) is 0 Å². The van der Waals surface area contributed by atoms with Crippen LogP contribution < -0.4 is 15.4 Å². The normalized spacial score (nSPS) is 10.6. The van der Waals surface area contributed by atoms with Gasteiger partial charge in [0.05, 0.1) is 0 Å². The van der Waals surface area contributed by atoms with Crippen LogP contribution in [0.2, 0.25) is 10.0 Å². The predicted molar refractivity (Wildman–Crippen MR) is 128 cm³/mol. The number of para-hydroxylation sites is 1. The molecule has 0 aliphatic carbocycles. The number of carbonyl (C=O) groups excluding carboxylic acids is 1. The summed E-state index contributed by atoms with van der Waals surface area (Å²) in [5, 5.41) is 6.76. The summed E-state index contributed by atoms with van der Waals surface area (Å²) in [5.74, 6) is 1.36. The Labute approximate surface area is 195 Å². The minimum atomic E-state index is -0.330. The Balaban J connectivity index is 1.37. The molecule has 1 heterocycles. The highest BCUT2D eigenvalue weighted by molar-refractivity contribution is 6.34. The highest BCUT2D eigenvalue weighted by Gasteiger charge is 2.08. The minimum Gasteiger partial charge on any atom is -0.486 e. The molecule has 0 aliphatic heterocycles. The van der Waals surface area contributed by atoms with E-state index in [0.717, 1.165) is 11.4 Å². The van der Waals surface area contributed by atoms with Gasteiger partial charge in [-0.25, -0.2) is 9.78 Å². The quantitative estimate of drug-likeness (QED) is 0.328. The van der Waals surface area contributed by atoms with E-state index < -0.39 is 0 Å².